The van der Waals surface area contributed by atoms with Gasteiger partial charge < -0.3 is 64.6 Å². The summed E-state index contributed by atoms with van der Waals surface area (Å²) in [5.74, 6) is -4.39. The Hall–Kier alpha value is -5.50. The SMILES string of the molecule is NC(N)=NCCC[C@@H](N)C(=O)N[C@@H](CCCN=C(N)N)C(=O)NC1(C(=O)N[C@@H](CO)C(=O)N2Cc3ccccc3C[C@@H]2C(=O)N2[C@H](C(=O)O)C[C@@H]3CCCC[C@@H]32)CCCCCC1. The molecule has 3 fully saturated rings. The van der Waals surface area contributed by atoms with E-state index in [0.29, 0.717) is 38.5 Å². The molecule has 1 aromatic carbocycles. The molecule has 342 valence electrons. The van der Waals surface area contributed by atoms with Gasteiger partial charge in [-0.15, -0.1) is 0 Å². The van der Waals surface area contributed by atoms with Crippen molar-refractivity contribution in [2.75, 3.05) is 19.7 Å². The number of nitrogens with two attached hydrogens (primary N) is 5. The lowest BCUT2D eigenvalue weighted by molar-refractivity contribution is -0.156. The third kappa shape index (κ3) is 11.9. The first-order valence-electron chi connectivity index (χ1n) is 22.0. The fourth-order valence-electron chi connectivity index (χ4n) is 9.59. The highest BCUT2D eigenvalue weighted by Gasteiger charge is 2.51. The molecule has 15 N–H and O–H groups in total. The Balaban J connectivity index is 1.37. The van der Waals surface area contributed by atoms with Gasteiger partial charge >= 0.3 is 5.97 Å². The molecule has 2 aliphatic heterocycles. The molecule has 1 saturated heterocycles. The van der Waals surface area contributed by atoms with Crippen molar-refractivity contribution in [1.82, 2.24) is 25.8 Å². The molecule has 0 unspecified atom stereocenters. The summed E-state index contributed by atoms with van der Waals surface area (Å²) in [7, 11) is 0. The molecule has 2 saturated carbocycles. The second-order valence-corrected chi connectivity index (χ2v) is 17.2. The van der Waals surface area contributed by atoms with Crippen molar-refractivity contribution in [2.24, 2.45) is 44.6 Å². The predicted molar refractivity (Wildman–Crippen MR) is 230 cm³/mol. The first-order valence-corrected chi connectivity index (χ1v) is 22.0. The van der Waals surface area contributed by atoms with Crippen molar-refractivity contribution in [3.8, 4) is 0 Å². The average Bonchev–Trinajstić information content (AvgIpc) is 3.49. The Morgan fingerprint density at radius 3 is 2.05 bits per heavy atom. The number of aliphatic hydroxyl groups is 1. The van der Waals surface area contributed by atoms with Crippen molar-refractivity contribution in [1.29, 1.82) is 0 Å². The van der Waals surface area contributed by atoms with Crippen LogP contribution < -0.4 is 44.6 Å². The number of fused-ring (bicyclic) bond motifs is 2. The summed E-state index contributed by atoms with van der Waals surface area (Å²) >= 11 is 0. The zero-order valence-corrected chi connectivity index (χ0v) is 35.5. The molecule has 0 aromatic heterocycles. The van der Waals surface area contributed by atoms with Gasteiger partial charge in [-0.25, -0.2) is 4.79 Å². The molecule has 1 aromatic rings. The number of carboxylic acids is 1. The number of amides is 5. The van der Waals surface area contributed by atoms with Gasteiger partial charge in [-0.2, -0.15) is 0 Å². The Labute approximate surface area is 362 Å². The molecule has 2 aliphatic carbocycles. The number of nitrogens with one attached hydrogen (secondary N) is 3. The minimum Gasteiger partial charge on any atom is -0.480 e. The topological polar surface area (TPSA) is 340 Å². The van der Waals surface area contributed by atoms with Gasteiger partial charge in [0.05, 0.1) is 12.6 Å². The summed E-state index contributed by atoms with van der Waals surface area (Å²) in [4.78, 5) is 94.8. The van der Waals surface area contributed by atoms with Crippen LogP contribution in [0.4, 0.5) is 0 Å². The van der Waals surface area contributed by atoms with Gasteiger partial charge in [-0.05, 0) is 74.8 Å². The number of benzene rings is 1. The Bertz CT molecular complexity index is 1830. The van der Waals surface area contributed by atoms with Crippen LogP contribution in [0.15, 0.2) is 34.3 Å². The maximum absolute atomic E-state index is 14.7. The van der Waals surface area contributed by atoms with E-state index in [-0.39, 0.29) is 75.6 Å². The quantitative estimate of drug-likeness (QED) is 0.0359. The molecule has 20 heteroatoms. The standard InChI is InChI=1S/C42H66N12O8/c43-28(14-9-19-48-40(44)45)34(56)50-29(15-10-20-49-41(46)47)35(57)52-42(17-7-1-2-8-18-42)39(62)51-30(24-55)36(58)53-23-27-13-4-3-11-25(27)21-32(53)37(59)54-31-16-6-5-12-26(31)22-33(54)38(60)61/h3-4,11,13,26,28-33,55H,1-2,5-10,12,14-24,43H2,(H,50,56)(H,51,62)(H,52,57)(H,60,61)(H4,44,45,48)(H4,46,47,49)/t26-,28+,29-,30-,31-,32+,33-/m0/s1. The molecule has 7 atom stereocenters. The number of hydrogen-bond acceptors (Lipinski definition) is 10. The number of aliphatic hydroxyl groups excluding tert-OH is 1. The number of carboxylic acid groups (broad SMARTS) is 1. The molecule has 62 heavy (non-hydrogen) atoms. The Kier molecular flexibility index (Phi) is 16.9. The number of aliphatic carboxylic acids is 1. The van der Waals surface area contributed by atoms with E-state index in [1.807, 2.05) is 24.3 Å². The summed E-state index contributed by atoms with van der Waals surface area (Å²) < 4.78 is 0. The van der Waals surface area contributed by atoms with Gasteiger partial charge in [0, 0.05) is 32.1 Å². The average molecular weight is 867 g/mol. The minimum atomic E-state index is -1.53. The predicted octanol–water partition coefficient (Wildman–Crippen LogP) is -1.21. The molecule has 5 amide bonds. The van der Waals surface area contributed by atoms with Gasteiger partial charge in [0.2, 0.25) is 29.5 Å². The van der Waals surface area contributed by atoms with Gasteiger partial charge in [0.1, 0.15) is 29.7 Å². The van der Waals surface area contributed by atoms with Gasteiger partial charge in [0.15, 0.2) is 11.9 Å². The van der Waals surface area contributed by atoms with Gasteiger partial charge in [-0.1, -0.05) is 62.8 Å². The van der Waals surface area contributed by atoms with Crippen LogP contribution in [0.3, 0.4) is 0 Å². The third-order valence-electron chi connectivity index (χ3n) is 12.9. The van der Waals surface area contributed by atoms with Crippen LogP contribution in [0.25, 0.3) is 0 Å². The summed E-state index contributed by atoms with van der Waals surface area (Å²) in [6.07, 6.45) is 7.94. The summed E-state index contributed by atoms with van der Waals surface area (Å²) in [6, 6.07) is 1.36. The van der Waals surface area contributed by atoms with Crippen molar-refractivity contribution in [2.45, 2.75) is 151 Å². The van der Waals surface area contributed by atoms with Crippen molar-refractivity contribution in [3.63, 3.8) is 0 Å². The molecule has 5 rings (SSSR count). The fraction of sp³-hybridized carbons (Fsp3) is 0.667. The second-order valence-electron chi connectivity index (χ2n) is 17.2. The zero-order chi connectivity index (χ0) is 45.0. The maximum atomic E-state index is 14.7. The molecular weight excluding hydrogens is 801 g/mol. The fourth-order valence-corrected chi connectivity index (χ4v) is 9.59. The van der Waals surface area contributed by atoms with Crippen LogP contribution in [-0.4, -0.2) is 129 Å². The summed E-state index contributed by atoms with van der Waals surface area (Å²) in [6.45, 7) is -0.395. The normalized spacial score (nSPS) is 23.2. The highest BCUT2D eigenvalue weighted by Crippen LogP contribution is 2.41. The monoisotopic (exact) mass is 867 g/mol. The number of guanidine groups is 2. The number of carbonyl (C=O) groups excluding carboxylic acids is 5. The van der Waals surface area contributed by atoms with E-state index < -0.39 is 77.9 Å². The van der Waals surface area contributed by atoms with Crippen LogP contribution in [0.1, 0.15) is 107 Å². The number of carbonyl (C=O) groups is 6. The van der Waals surface area contributed by atoms with E-state index in [2.05, 4.69) is 25.9 Å². The maximum Gasteiger partial charge on any atom is 0.326 e. The number of hydrogen-bond donors (Lipinski definition) is 10. The van der Waals surface area contributed by atoms with Crippen LogP contribution in [0.5, 0.6) is 0 Å². The van der Waals surface area contributed by atoms with Gasteiger partial charge in [0.25, 0.3) is 0 Å². The molecule has 0 spiro atoms. The smallest absolute Gasteiger partial charge is 0.326 e. The van der Waals surface area contributed by atoms with E-state index in [4.69, 9.17) is 28.7 Å². The van der Waals surface area contributed by atoms with Crippen molar-refractivity contribution < 1.29 is 39.0 Å². The zero-order valence-electron chi connectivity index (χ0n) is 35.5. The van der Waals surface area contributed by atoms with E-state index in [1.54, 1.807) is 0 Å². The lowest BCUT2D eigenvalue weighted by Gasteiger charge is -2.42. The summed E-state index contributed by atoms with van der Waals surface area (Å²) in [5, 5.41) is 29.4. The first kappa shape index (κ1) is 47.5. The van der Waals surface area contributed by atoms with Crippen LogP contribution in [0, 0.1) is 5.92 Å². The third-order valence-corrected chi connectivity index (χ3v) is 12.9. The molecule has 0 bridgehead atoms. The molecule has 2 heterocycles. The number of nitrogens with zero attached hydrogens (tertiary/aromatic N) is 4. The first-order chi connectivity index (χ1) is 29.6. The number of likely N-dealkylation sites (tertiary alicyclic amines) is 1. The Morgan fingerprint density at radius 1 is 0.790 bits per heavy atom. The highest BCUT2D eigenvalue weighted by atomic mass is 16.4. The lowest BCUT2D eigenvalue weighted by atomic mass is 9.84. The summed E-state index contributed by atoms with van der Waals surface area (Å²) in [5.41, 5.74) is 28.0. The van der Waals surface area contributed by atoms with Crippen LogP contribution in [-0.2, 0) is 41.7 Å². The van der Waals surface area contributed by atoms with Crippen LogP contribution in [0.2, 0.25) is 0 Å². The van der Waals surface area contributed by atoms with E-state index in [0.717, 1.165) is 43.2 Å². The Morgan fingerprint density at radius 2 is 1.42 bits per heavy atom. The number of rotatable bonds is 18. The molecule has 20 nitrogen and oxygen atoms in total. The van der Waals surface area contributed by atoms with E-state index in [9.17, 15) is 39.0 Å². The van der Waals surface area contributed by atoms with Crippen LogP contribution >= 0.6 is 0 Å². The van der Waals surface area contributed by atoms with E-state index in [1.165, 1.54) is 9.80 Å². The lowest BCUT2D eigenvalue weighted by Crippen LogP contribution is -2.66. The molecular formula is C42H66N12O8. The van der Waals surface area contributed by atoms with E-state index >= 15 is 0 Å². The molecule has 0 radical (unpaired) electrons. The largest absolute Gasteiger partial charge is 0.480 e. The highest BCUT2D eigenvalue weighted by molar-refractivity contribution is 5.98. The number of aliphatic imine (C=N–C) groups is 2. The second kappa shape index (κ2) is 22.0. The van der Waals surface area contributed by atoms with Gasteiger partial charge in [-0.3, -0.25) is 34.0 Å². The molecule has 4 aliphatic rings. The van der Waals surface area contributed by atoms with Crippen molar-refractivity contribution in [3.05, 3.63) is 35.4 Å². The minimum absolute atomic E-state index is 0.00299. The van der Waals surface area contributed by atoms with Crippen molar-refractivity contribution >= 4 is 47.4 Å².